The highest BCUT2D eigenvalue weighted by Gasteiger charge is 2.37. The Bertz CT molecular complexity index is 988. The molecule has 1 saturated heterocycles. The van der Waals surface area contributed by atoms with Gasteiger partial charge in [-0.05, 0) is 56.1 Å². The summed E-state index contributed by atoms with van der Waals surface area (Å²) in [5, 5.41) is 9.87. The second kappa shape index (κ2) is 6.01. The van der Waals surface area contributed by atoms with Crippen molar-refractivity contribution in [1.29, 1.82) is 0 Å². The minimum Gasteiger partial charge on any atom is -0.492 e. The monoisotopic (exact) mass is 368 g/mol. The minimum absolute atomic E-state index is 0.167. The van der Waals surface area contributed by atoms with Gasteiger partial charge in [0.25, 0.3) is 0 Å². The van der Waals surface area contributed by atoms with Gasteiger partial charge in [-0.15, -0.1) is 0 Å². The van der Waals surface area contributed by atoms with Crippen molar-refractivity contribution < 1.29 is 14.6 Å². The highest BCUT2D eigenvalue weighted by Crippen LogP contribution is 2.46. The molecule has 2 saturated carbocycles. The maximum atomic E-state index is 12.8. The topological polar surface area (TPSA) is 71.8 Å². The van der Waals surface area contributed by atoms with Crippen molar-refractivity contribution in [2.75, 3.05) is 25.1 Å². The molecule has 0 spiro atoms. The summed E-state index contributed by atoms with van der Waals surface area (Å²) in [7, 11) is 1.64. The number of pyridine rings is 1. The molecular weight excluding hydrogens is 344 g/mol. The molecule has 2 aromatic rings. The summed E-state index contributed by atoms with van der Waals surface area (Å²) < 4.78 is 7.76. The lowest BCUT2D eigenvalue weighted by Crippen LogP contribution is -2.23. The molecular formula is C21H24N2O4. The van der Waals surface area contributed by atoms with E-state index in [1.165, 1.54) is 25.5 Å². The number of fused-ring (bicyclic) bond motifs is 1. The normalized spacial score (nSPS) is 22.4. The fraction of sp³-hybridized carbons (Fsp3) is 0.524. The fourth-order valence-corrected chi connectivity index (χ4v) is 4.61. The van der Waals surface area contributed by atoms with Crippen LogP contribution < -0.4 is 15.1 Å². The molecule has 6 heteroatoms. The van der Waals surface area contributed by atoms with Gasteiger partial charge < -0.3 is 19.3 Å². The summed E-state index contributed by atoms with van der Waals surface area (Å²) in [6, 6.07) is 3.96. The molecule has 0 amide bonds. The molecule has 1 N–H and O–H groups in total. The standard InChI is InChI=1S/C21H24N2O4/c1-27-20-17(22-9-8-13(10-22)12-2-3-12)7-6-15-18(20)23(14-4-5-14)11-16(19(15)24)21(25)26/h6-7,11-14H,2-5,8-10H2,1H3,(H,25,26). The Kier molecular flexibility index (Phi) is 3.71. The second-order valence-electron chi connectivity index (χ2n) is 8.16. The van der Waals surface area contributed by atoms with Crippen LogP contribution in [0, 0.1) is 11.8 Å². The largest absolute Gasteiger partial charge is 0.492 e. The molecule has 1 atom stereocenters. The molecule has 6 nitrogen and oxygen atoms in total. The molecule has 1 aliphatic heterocycles. The molecule has 0 bridgehead atoms. The zero-order chi connectivity index (χ0) is 18.7. The summed E-state index contributed by atoms with van der Waals surface area (Å²) in [4.78, 5) is 26.7. The van der Waals surface area contributed by atoms with Crippen LogP contribution in [0.3, 0.4) is 0 Å². The number of methoxy groups -OCH3 is 1. The Balaban J connectivity index is 1.68. The number of carboxylic acid groups (broad SMARTS) is 1. The van der Waals surface area contributed by atoms with Gasteiger partial charge in [-0.2, -0.15) is 0 Å². The smallest absolute Gasteiger partial charge is 0.341 e. The van der Waals surface area contributed by atoms with Crippen LogP contribution in [0.15, 0.2) is 23.1 Å². The average Bonchev–Trinajstić information content (AvgIpc) is 3.59. The van der Waals surface area contributed by atoms with E-state index in [0.717, 1.165) is 49.0 Å². The van der Waals surface area contributed by atoms with E-state index in [2.05, 4.69) is 4.90 Å². The Hall–Kier alpha value is -2.50. The van der Waals surface area contributed by atoms with Gasteiger partial charge in [0, 0.05) is 25.3 Å². The lowest BCUT2D eigenvalue weighted by atomic mass is 10.0. The van der Waals surface area contributed by atoms with E-state index < -0.39 is 11.4 Å². The predicted octanol–water partition coefficient (Wildman–Crippen LogP) is 3.28. The zero-order valence-corrected chi connectivity index (χ0v) is 15.5. The first-order valence-corrected chi connectivity index (χ1v) is 9.82. The van der Waals surface area contributed by atoms with Crippen LogP contribution >= 0.6 is 0 Å². The quantitative estimate of drug-likeness (QED) is 0.877. The van der Waals surface area contributed by atoms with Gasteiger partial charge >= 0.3 is 5.97 Å². The number of hydrogen-bond donors (Lipinski definition) is 1. The first kappa shape index (κ1) is 16.7. The summed E-state index contributed by atoms with van der Waals surface area (Å²) in [5.41, 5.74) is 1.16. The first-order valence-electron chi connectivity index (χ1n) is 9.82. The van der Waals surface area contributed by atoms with E-state index in [-0.39, 0.29) is 11.6 Å². The predicted molar refractivity (Wildman–Crippen MR) is 103 cm³/mol. The number of hydrogen-bond acceptors (Lipinski definition) is 4. The molecule has 142 valence electrons. The van der Waals surface area contributed by atoms with Gasteiger partial charge in [0.05, 0.1) is 23.7 Å². The summed E-state index contributed by atoms with van der Waals surface area (Å²) in [6.07, 6.45) is 7.42. The fourth-order valence-electron chi connectivity index (χ4n) is 4.61. The molecule has 1 unspecified atom stereocenters. The van der Waals surface area contributed by atoms with E-state index in [4.69, 9.17) is 4.74 Å². The molecule has 2 heterocycles. The molecule has 1 aromatic heterocycles. The molecule has 0 radical (unpaired) electrons. The maximum absolute atomic E-state index is 12.8. The third-order valence-electron chi connectivity index (χ3n) is 6.36. The third kappa shape index (κ3) is 2.69. The highest BCUT2D eigenvalue weighted by molar-refractivity contribution is 5.97. The van der Waals surface area contributed by atoms with E-state index in [9.17, 15) is 14.7 Å². The van der Waals surface area contributed by atoms with Crippen molar-refractivity contribution in [3.05, 3.63) is 34.1 Å². The second-order valence-corrected chi connectivity index (χ2v) is 8.16. The van der Waals surface area contributed by atoms with Crippen LogP contribution in [0.25, 0.3) is 10.9 Å². The summed E-state index contributed by atoms with van der Waals surface area (Å²) in [5.74, 6) is 1.16. The summed E-state index contributed by atoms with van der Waals surface area (Å²) in [6.45, 7) is 2.04. The van der Waals surface area contributed by atoms with Crippen LogP contribution in [-0.4, -0.2) is 35.8 Å². The van der Waals surface area contributed by atoms with Crippen molar-refractivity contribution in [1.82, 2.24) is 4.57 Å². The van der Waals surface area contributed by atoms with E-state index in [1.807, 2.05) is 10.6 Å². The number of anilines is 1. The van der Waals surface area contributed by atoms with Gasteiger partial charge in [-0.3, -0.25) is 4.79 Å². The van der Waals surface area contributed by atoms with Gasteiger partial charge in [0.1, 0.15) is 5.56 Å². The number of nitrogens with zero attached hydrogens (tertiary/aromatic N) is 2. The molecule has 2 aliphatic carbocycles. The Morgan fingerprint density at radius 2 is 1.93 bits per heavy atom. The third-order valence-corrected chi connectivity index (χ3v) is 6.36. The van der Waals surface area contributed by atoms with E-state index >= 15 is 0 Å². The number of aromatic nitrogens is 1. The van der Waals surface area contributed by atoms with Crippen molar-refractivity contribution >= 4 is 22.6 Å². The highest BCUT2D eigenvalue weighted by atomic mass is 16.5. The molecule has 3 aliphatic rings. The van der Waals surface area contributed by atoms with E-state index in [0.29, 0.717) is 11.1 Å². The average molecular weight is 368 g/mol. The van der Waals surface area contributed by atoms with Crippen molar-refractivity contribution in [2.45, 2.75) is 38.1 Å². The van der Waals surface area contributed by atoms with Crippen molar-refractivity contribution in [3.8, 4) is 5.75 Å². The number of rotatable bonds is 5. The maximum Gasteiger partial charge on any atom is 0.341 e. The van der Waals surface area contributed by atoms with Crippen LogP contribution in [0.1, 0.15) is 48.5 Å². The van der Waals surface area contributed by atoms with Gasteiger partial charge in [-0.1, -0.05) is 0 Å². The molecule has 5 rings (SSSR count). The molecule has 3 fully saturated rings. The Morgan fingerprint density at radius 1 is 1.15 bits per heavy atom. The lowest BCUT2D eigenvalue weighted by Gasteiger charge is -2.24. The van der Waals surface area contributed by atoms with E-state index in [1.54, 1.807) is 13.2 Å². The molecule has 27 heavy (non-hydrogen) atoms. The minimum atomic E-state index is -1.17. The van der Waals surface area contributed by atoms with Gasteiger partial charge in [0.15, 0.2) is 5.75 Å². The number of aromatic carboxylic acids is 1. The van der Waals surface area contributed by atoms with Crippen LogP contribution in [-0.2, 0) is 0 Å². The zero-order valence-electron chi connectivity index (χ0n) is 15.5. The number of carboxylic acids is 1. The van der Waals surface area contributed by atoms with Crippen LogP contribution in [0.4, 0.5) is 5.69 Å². The Labute approximate surface area is 157 Å². The van der Waals surface area contributed by atoms with Crippen LogP contribution in [0.5, 0.6) is 5.75 Å². The summed E-state index contributed by atoms with van der Waals surface area (Å²) >= 11 is 0. The van der Waals surface area contributed by atoms with Crippen molar-refractivity contribution in [2.24, 2.45) is 11.8 Å². The van der Waals surface area contributed by atoms with Crippen molar-refractivity contribution in [3.63, 3.8) is 0 Å². The SMILES string of the molecule is COc1c(N2CCC(C3CC3)C2)ccc2c(=O)c(C(=O)O)cn(C3CC3)c12. The Morgan fingerprint density at radius 3 is 2.56 bits per heavy atom. The number of benzene rings is 1. The molecule has 1 aromatic carbocycles. The van der Waals surface area contributed by atoms with Crippen LogP contribution in [0.2, 0.25) is 0 Å². The first-order chi connectivity index (χ1) is 13.1. The van der Waals surface area contributed by atoms with Gasteiger partial charge in [0.2, 0.25) is 5.43 Å². The number of carbonyl (C=O) groups is 1. The van der Waals surface area contributed by atoms with Gasteiger partial charge in [-0.25, -0.2) is 4.79 Å². The lowest BCUT2D eigenvalue weighted by molar-refractivity contribution is 0.0695. The number of ether oxygens (including phenoxy) is 1.